The molecule has 5 heteroatoms. The number of rotatable bonds is 5. The van der Waals surface area contributed by atoms with Crippen molar-refractivity contribution in [1.82, 2.24) is 0 Å². The van der Waals surface area contributed by atoms with E-state index in [9.17, 15) is 8.68 Å². The molecule has 206 valence electrons. The van der Waals surface area contributed by atoms with Crippen LogP contribution in [-0.4, -0.2) is 11.5 Å². The quantitative estimate of drug-likeness (QED) is 0.182. The van der Waals surface area contributed by atoms with E-state index in [1.54, 1.807) is 0 Å². The first-order chi connectivity index (χ1) is 18.7. The van der Waals surface area contributed by atoms with Crippen molar-refractivity contribution in [2.45, 2.75) is 60.8 Å². The third-order valence-corrected chi connectivity index (χ3v) is 6.64. The van der Waals surface area contributed by atoms with Crippen LogP contribution in [0, 0.1) is 5.92 Å². The number of carbonyl (C=O) groups is 1. The van der Waals surface area contributed by atoms with Crippen LogP contribution in [0.15, 0.2) is 102 Å². The van der Waals surface area contributed by atoms with Gasteiger partial charge in [0.15, 0.2) is 5.78 Å². The maximum atomic E-state index is 11.2. The fraction of sp³-hybridized carbons (Fsp3) is 0.294. The number of benzene rings is 3. The van der Waals surface area contributed by atoms with Gasteiger partial charge in [-0.3, -0.25) is 9.79 Å². The third-order valence-electron chi connectivity index (χ3n) is 6.31. The molecule has 2 unspecified atom stereocenters. The van der Waals surface area contributed by atoms with Gasteiger partial charge in [-0.1, -0.05) is 119 Å². The maximum Gasteiger partial charge on any atom is 0.271 e. The number of ketones is 1. The van der Waals surface area contributed by atoms with E-state index in [2.05, 4.69) is 124 Å². The van der Waals surface area contributed by atoms with E-state index in [-0.39, 0.29) is 24.0 Å². The van der Waals surface area contributed by atoms with Crippen LogP contribution in [0.3, 0.4) is 0 Å². The first-order valence-corrected chi connectivity index (χ1v) is 14.0. The number of allylic oxidation sites excluding steroid dienone is 3. The average molecular weight is 546 g/mol. The standard InChI is InChI=1S/C26H25N.C5H7FO2S.C3H8/c1-18-19(2)25(21-12-6-4-7-13-21)27-26(22-14-8-5-9-15-22)20(3)24-17-11-10-16-23(18)24;1-4(7)3-5(2)8-9-6;1-3-2/h4-19H,1-3H3;3H,1-2H3;3H2,1-2H3/b26-20+,27-25?;5-3-;. The zero-order chi connectivity index (χ0) is 28.8. The molecule has 3 aromatic carbocycles. The highest BCUT2D eigenvalue weighted by molar-refractivity contribution is 7.89. The minimum atomic E-state index is -0.269. The van der Waals surface area contributed by atoms with E-state index in [1.807, 2.05) is 0 Å². The molecular weight excluding hydrogens is 505 g/mol. The number of nitrogens with zero attached hydrogens (tertiary/aromatic N) is 1. The van der Waals surface area contributed by atoms with Crippen molar-refractivity contribution in [2.24, 2.45) is 10.9 Å². The second-order valence-corrected chi connectivity index (χ2v) is 9.88. The lowest BCUT2D eigenvalue weighted by molar-refractivity contribution is -0.112. The Morgan fingerprint density at radius 3 is 1.92 bits per heavy atom. The van der Waals surface area contributed by atoms with Crippen LogP contribution in [0.2, 0.25) is 0 Å². The Morgan fingerprint density at radius 1 is 0.872 bits per heavy atom. The lowest BCUT2D eigenvalue weighted by atomic mass is 9.78. The van der Waals surface area contributed by atoms with Crippen LogP contribution >= 0.6 is 12.4 Å². The van der Waals surface area contributed by atoms with Gasteiger partial charge in [0, 0.05) is 17.6 Å². The SMILES string of the molecule is C/C1=C(/c2ccccc2)N=C(c2ccccc2)C(C)C(C)c2ccccc21.CC(=O)/C=C(/C)OSF.CCC. The summed E-state index contributed by atoms with van der Waals surface area (Å²) in [6.07, 6.45) is 2.46. The average Bonchev–Trinajstić information content (AvgIpc) is 2.93. The molecule has 0 saturated heterocycles. The summed E-state index contributed by atoms with van der Waals surface area (Å²) in [6.45, 7) is 14.0. The van der Waals surface area contributed by atoms with Crippen molar-refractivity contribution in [1.29, 1.82) is 0 Å². The molecule has 3 nitrogen and oxygen atoms in total. The van der Waals surface area contributed by atoms with Crippen molar-refractivity contribution in [2.75, 3.05) is 0 Å². The van der Waals surface area contributed by atoms with Crippen LogP contribution in [0.1, 0.15) is 83.1 Å². The van der Waals surface area contributed by atoms with Crippen LogP contribution in [0.5, 0.6) is 0 Å². The fourth-order valence-corrected chi connectivity index (χ4v) is 4.50. The van der Waals surface area contributed by atoms with E-state index in [0.717, 1.165) is 11.4 Å². The van der Waals surface area contributed by atoms with E-state index in [4.69, 9.17) is 4.99 Å². The second-order valence-electron chi connectivity index (χ2n) is 9.59. The van der Waals surface area contributed by atoms with Crippen LogP contribution in [0.25, 0.3) is 11.3 Å². The molecule has 0 aliphatic carbocycles. The number of halogens is 1. The number of hydrogen-bond donors (Lipinski definition) is 0. The molecule has 1 aliphatic rings. The Bertz CT molecular complexity index is 1280. The Balaban J connectivity index is 0.000000376. The summed E-state index contributed by atoms with van der Waals surface area (Å²) in [5.41, 5.74) is 8.56. The number of aliphatic imine (C=N–C) groups is 1. The molecule has 0 radical (unpaired) electrons. The summed E-state index contributed by atoms with van der Waals surface area (Å²) in [4.78, 5) is 15.5. The molecule has 3 aromatic rings. The summed E-state index contributed by atoms with van der Waals surface area (Å²) in [5, 5.41) is 0. The van der Waals surface area contributed by atoms with Gasteiger partial charge in [0.25, 0.3) is 12.4 Å². The first kappa shape index (κ1) is 31.8. The second kappa shape index (κ2) is 16.5. The molecule has 0 saturated carbocycles. The highest BCUT2D eigenvalue weighted by Gasteiger charge is 2.27. The molecule has 0 fully saturated rings. The number of hydrogen-bond acceptors (Lipinski definition) is 4. The van der Waals surface area contributed by atoms with Gasteiger partial charge in [-0.15, -0.1) is 3.89 Å². The summed E-state index contributed by atoms with van der Waals surface area (Å²) >= 11 is -0.269. The van der Waals surface area contributed by atoms with Crippen molar-refractivity contribution in [3.63, 3.8) is 0 Å². The molecule has 0 bridgehead atoms. The summed E-state index contributed by atoms with van der Waals surface area (Å²) in [6, 6.07) is 29.9. The molecule has 0 aromatic heterocycles. The van der Waals surface area contributed by atoms with Crippen molar-refractivity contribution >= 4 is 35.2 Å². The molecule has 39 heavy (non-hydrogen) atoms. The number of carbonyl (C=O) groups excluding carboxylic acids is 1. The minimum Gasteiger partial charge on any atom is -0.402 e. The zero-order valence-electron chi connectivity index (χ0n) is 24.1. The summed E-state index contributed by atoms with van der Waals surface area (Å²) in [7, 11) is 0. The Labute approximate surface area is 238 Å². The molecule has 0 N–H and O–H groups in total. The lowest BCUT2D eigenvalue weighted by Gasteiger charge is -2.28. The largest absolute Gasteiger partial charge is 0.402 e. The molecule has 0 amide bonds. The zero-order valence-corrected chi connectivity index (χ0v) is 24.9. The van der Waals surface area contributed by atoms with Gasteiger partial charge >= 0.3 is 0 Å². The fourth-order valence-electron chi connectivity index (χ4n) is 4.35. The van der Waals surface area contributed by atoms with E-state index in [1.165, 1.54) is 54.2 Å². The topological polar surface area (TPSA) is 38.7 Å². The normalized spacial score (nSPS) is 18.6. The van der Waals surface area contributed by atoms with Crippen LogP contribution in [-0.2, 0) is 8.98 Å². The third kappa shape index (κ3) is 9.36. The smallest absolute Gasteiger partial charge is 0.271 e. The molecule has 2 atom stereocenters. The van der Waals surface area contributed by atoms with Crippen LogP contribution in [0.4, 0.5) is 3.89 Å². The number of fused-ring (bicyclic) bond motifs is 1. The van der Waals surface area contributed by atoms with Crippen molar-refractivity contribution in [3.8, 4) is 0 Å². The van der Waals surface area contributed by atoms with Gasteiger partial charge in [0.05, 0.1) is 11.4 Å². The molecule has 1 aliphatic heterocycles. The van der Waals surface area contributed by atoms with Gasteiger partial charge in [-0.25, -0.2) is 0 Å². The van der Waals surface area contributed by atoms with Crippen LogP contribution < -0.4 is 0 Å². The molecule has 1 heterocycles. The Hall–Kier alpha value is -3.44. The van der Waals surface area contributed by atoms with Crippen molar-refractivity contribution in [3.05, 3.63) is 119 Å². The van der Waals surface area contributed by atoms with Gasteiger partial charge in [0.2, 0.25) is 0 Å². The predicted molar refractivity (Wildman–Crippen MR) is 166 cm³/mol. The van der Waals surface area contributed by atoms with E-state index < -0.39 is 0 Å². The van der Waals surface area contributed by atoms with E-state index in [0.29, 0.717) is 11.8 Å². The van der Waals surface area contributed by atoms with E-state index >= 15 is 0 Å². The summed E-state index contributed by atoms with van der Waals surface area (Å²) in [5.74, 6) is 0.837. The maximum absolute atomic E-state index is 11.2. The van der Waals surface area contributed by atoms with Gasteiger partial charge in [-0.05, 0) is 49.0 Å². The molecule has 4 rings (SSSR count). The summed E-state index contributed by atoms with van der Waals surface area (Å²) < 4.78 is 15.5. The van der Waals surface area contributed by atoms with Gasteiger partial charge in [-0.2, -0.15) is 0 Å². The lowest BCUT2D eigenvalue weighted by Crippen LogP contribution is -2.21. The highest BCUT2D eigenvalue weighted by atomic mass is 32.2. The molecule has 0 spiro atoms. The predicted octanol–water partition coefficient (Wildman–Crippen LogP) is 10.3. The Morgan fingerprint density at radius 2 is 1.38 bits per heavy atom. The highest BCUT2D eigenvalue weighted by Crippen LogP contribution is 2.39. The Kier molecular flexibility index (Phi) is 13.4. The molecular formula is C34H40FNO2S. The van der Waals surface area contributed by atoms with Gasteiger partial charge in [0.1, 0.15) is 5.76 Å². The minimum absolute atomic E-state index is 0.151. The monoisotopic (exact) mass is 545 g/mol. The van der Waals surface area contributed by atoms with Crippen molar-refractivity contribution < 1.29 is 12.9 Å². The first-order valence-electron chi connectivity index (χ1n) is 13.4. The van der Waals surface area contributed by atoms with Gasteiger partial charge < -0.3 is 4.18 Å².